The fourth-order valence-corrected chi connectivity index (χ4v) is 1.98. The fourth-order valence-electron chi connectivity index (χ4n) is 1.56. The Morgan fingerprint density at radius 3 is 3.00 bits per heavy atom. The van der Waals surface area contributed by atoms with E-state index in [-0.39, 0.29) is 5.91 Å². The van der Waals surface area contributed by atoms with Crippen LogP contribution < -0.4 is 5.32 Å². The molecular formula is C12H15N5OS. The van der Waals surface area contributed by atoms with Crippen molar-refractivity contribution < 1.29 is 4.79 Å². The standard InChI is InChI=1S/C12H15N5OS/c1-9-8-10(16-12(15-9)19-2)11(18)13-5-7-17-6-3-4-14-17/h3-4,6,8H,5,7H2,1-2H3,(H,13,18). The molecule has 0 aliphatic carbocycles. The highest BCUT2D eigenvalue weighted by Gasteiger charge is 2.09. The minimum absolute atomic E-state index is 0.187. The Bertz CT molecular complexity index is 555. The van der Waals surface area contributed by atoms with Crippen LogP contribution in [-0.2, 0) is 6.54 Å². The summed E-state index contributed by atoms with van der Waals surface area (Å²) in [6, 6.07) is 3.53. The Kier molecular flexibility index (Phi) is 4.51. The van der Waals surface area contributed by atoms with Gasteiger partial charge in [-0.3, -0.25) is 9.48 Å². The molecule has 7 heteroatoms. The normalized spacial score (nSPS) is 10.4. The van der Waals surface area contributed by atoms with Crippen molar-refractivity contribution in [1.82, 2.24) is 25.1 Å². The average molecular weight is 277 g/mol. The summed E-state index contributed by atoms with van der Waals surface area (Å²) in [4.78, 5) is 20.4. The molecule has 1 amide bonds. The molecule has 0 fully saturated rings. The van der Waals surface area contributed by atoms with E-state index in [1.165, 1.54) is 11.8 Å². The summed E-state index contributed by atoms with van der Waals surface area (Å²) in [6.45, 7) is 3.00. The maximum Gasteiger partial charge on any atom is 0.270 e. The lowest BCUT2D eigenvalue weighted by Crippen LogP contribution is -2.28. The van der Waals surface area contributed by atoms with E-state index in [4.69, 9.17) is 0 Å². The number of hydrogen-bond acceptors (Lipinski definition) is 5. The molecule has 0 unspecified atom stereocenters. The van der Waals surface area contributed by atoms with E-state index in [0.29, 0.717) is 23.9 Å². The summed E-state index contributed by atoms with van der Waals surface area (Å²) in [5.41, 5.74) is 1.19. The van der Waals surface area contributed by atoms with E-state index in [2.05, 4.69) is 20.4 Å². The van der Waals surface area contributed by atoms with Crippen molar-refractivity contribution in [2.24, 2.45) is 0 Å². The molecule has 0 saturated heterocycles. The average Bonchev–Trinajstić information content (AvgIpc) is 2.91. The van der Waals surface area contributed by atoms with Crippen LogP contribution >= 0.6 is 11.8 Å². The largest absolute Gasteiger partial charge is 0.349 e. The van der Waals surface area contributed by atoms with Crippen molar-refractivity contribution in [3.8, 4) is 0 Å². The van der Waals surface area contributed by atoms with Gasteiger partial charge in [-0.15, -0.1) is 0 Å². The van der Waals surface area contributed by atoms with Gasteiger partial charge in [0.2, 0.25) is 0 Å². The minimum Gasteiger partial charge on any atom is -0.349 e. The zero-order chi connectivity index (χ0) is 13.7. The van der Waals surface area contributed by atoms with E-state index >= 15 is 0 Å². The monoisotopic (exact) mass is 277 g/mol. The number of amides is 1. The lowest BCUT2D eigenvalue weighted by molar-refractivity contribution is 0.0946. The molecule has 2 heterocycles. The summed E-state index contributed by atoms with van der Waals surface area (Å²) >= 11 is 1.42. The highest BCUT2D eigenvalue weighted by Crippen LogP contribution is 2.10. The first-order valence-corrected chi connectivity index (χ1v) is 7.07. The quantitative estimate of drug-likeness (QED) is 0.655. The molecule has 1 N–H and O–H groups in total. The Labute approximate surface area is 115 Å². The maximum atomic E-state index is 12.0. The Balaban J connectivity index is 1.94. The molecule has 0 aromatic carbocycles. The van der Waals surface area contributed by atoms with Gasteiger partial charge in [0.25, 0.3) is 5.91 Å². The highest BCUT2D eigenvalue weighted by molar-refractivity contribution is 7.98. The Morgan fingerprint density at radius 1 is 1.47 bits per heavy atom. The van der Waals surface area contributed by atoms with Gasteiger partial charge in [-0.2, -0.15) is 5.10 Å². The first-order chi connectivity index (χ1) is 9.19. The van der Waals surface area contributed by atoms with Gasteiger partial charge in [-0.05, 0) is 25.3 Å². The van der Waals surface area contributed by atoms with Gasteiger partial charge >= 0.3 is 0 Å². The van der Waals surface area contributed by atoms with Crippen LogP contribution in [0.5, 0.6) is 0 Å². The second kappa shape index (κ2) is 6.33. The number of hydrogen-bond donors (Lipinski definition) is 1. The zero-order valence-electron chi connectivity index (χ0n) is 10.8. The number of aryl methyl sites for hydroxylation is 1. The third kappa shape index (κ3) is 3.78. The molecule has 100 valence electrons. The van der Waals surface area contributed by atoms with Gasteiger partial charge < -0.3 is 5.32 Å². The van der Waals surface area contributed by atoms with Crippen molar-refractivity contribution in [3.63, 3.8) is 0 Å². The van der Waals surface area contributed by atoms with Gasteiger partial charge in [0.05, 0.1) is 6.54 Å². The van der Waals surface area contributed by atoms with Gasteiger partial charge in [0.1, 0.15) is 5.69 Å². The van der Waals surface area contributed by atoms with Crippen LogP contribution in [0.15, 0.2) is 29.7 Å². The Morgan fingerprint density at radius 2 is 2.32 bits per heavy atom. The molecule has 0 saturated carbocycles. The predicted molar refractivity (Wildman–Crippen MR) is 73.1 cm³/mol. The van der Waals surface area contributed by atoms with Gasteiger partial charge in [0.15, 0.2) is 5.16 Å². The van der Waals surface area contributed by atoms with Crippen LogP contribution in [0.3, 0.4) is 0 Å². The minimum atomic E-state index is -0.187. The van der Waals surface area contributed by atoms with Crippen molar-refractivity contribution in [1.29, 1.82) is 0 Å². The molecule has 2 aromatic rings. The van der Waals surface area contributed by atoms with Crippen molar-refractivity contribution in [2.75, 3.05) is 12.8 Å². The number of aromatic nitrogens is 4. The van der Waals surface area contributed by atoms with Crippen molar-refractivity contribution >= 4 is 17.7 Å². The van der Waals surface area contributed by atoms with Gasteiger partial charge in [-0.25, -0.2) is 9.97 Å². The molecule has 19 heavy (non-hydrogen) atoms. The van der Waals surface area contributed by atoms with Gasteiger partial charge in [-0.1, -0.05) is 11.8 Å². The van der Waals surface area contributed by atoms with Crippen molar-refractivity contribution in [2.45, 2.75) is 18.6 Å². The number of rotatable bonds is 5. The van der Waals surface area contributed by atoms with Crippen molar-refractivity contribution in [3.05, 3.63) is 35.9 Å². The zero-order valence-corrected chi connectivity index (χ0v) is 11.6. The molecule has 6 nitrogen and oxygen atoms in total. The number of thioether (sulfide) groups is 1. The number of nitrogens with one attached hydrogen (secondary N) is 1. The predicted octanol–water partition coefficient (Wildman–Crippen LogP) is 1.13. The summed E-state index contributed by atoms with van der Waals surface area (Å²) in [7, 11) is 0. The number of carbonyl (C=O) groups is 1. The van der Waals surface area contributed by atoms with E-state index in [1.807, 2.05) is 25.4 Å². The smallest absolute Gasteiger partial charge is 0.270 e. The summed E-state index contributed by atoms with van der Waals surface area (Å²) in [6.07, 6.45) is 5.45. The molecule has 0 aliphatic rings. The highest BCUT2D eigenvalue weighted by atomic mass is 32.2. The van der Waals surface area contributed by atoms with E-state index in [0.717, 1.165) is 5.69 Å². The topological polar surface area (TPSA) is 72.7 Å². The summed E-state index contributed by atoms with van der Waals surface area (Å²) in [5.74, 6) is -0.187. The molecule has 0 bridgehead atoms. The third-order valence-corrected chi connectivity index (χ3v) is 2.98. The van der Waals surface area contributed by atoms with E-state index in [9.17, 15) is 4.79 Å². The molecule has 2 aromatic heterocycles. The summed E-state index contributed by atoms with van der Waals surface area (Å²) < 4.78 is 1.76. The second-order valence-corrected chi connectivity index (χ2v) is 4.68. The molecule has 0 spiro atoms. The lowest BCUT2D eigenvalue weighted by atomic mass is 10.3. The lowest BCUT2D eigenvalue weighted by Gasteiger charge is -2.06. The molecule has 0 radical (unpaired) electrons. The molecule has 0 atom stereocenters. The summed E-state index contributed by atoms with van der Waals surface area (Å²) in [5, 5.41) is 7.49. The van der Waals surface area contributed by atoms with Crippen LogP contribution in [0.1, 0.15) is 16.2 Å². The molecule has 0 aliphatic heterocycles. The van der Waals surface area contributed by atoms with Crippen LogP contribution in [0.2, 0.25) is 0 Å². The van der Waals surface area contributed by atoms with E-state index in [1.54, 1.807) is 16.9 Å². The number of nitrogens with zero attached hydrogens (tertiary/aromatic N) is 4. The number of carbonyl (C=O) groups excluding carboxylic acids is 1. The van der Waals surface area contributed by atoms with Crippen LogP contribution in [0.25, 0.3) is 0 Å². The van der Waals surface area contributed by atoms with Crippen LogP contribution in [0, 0.1) is 6.92 Å². The fraction of sp³-hybridized carbons (Fsp3) is 0.333. The third-order valence-electron chi connectivity index (χ3n) is 2.43. The van der Waals surface area contributed by atoms with Crippen LogP contribution in [-0.4, -0.2) is 38.5 Å². The van der Waals surface area contributed by atoms with Gasteiger partial charge in [0, 0.05) is 24.6 Å². The van der Waals surface area contributed by atoms with Crippen LogP contribution in [0.4, 0.5) is 0 Å². The Hall–Kier alpha value is -1.89. The SMILES string of the molecule is CSc1nc(C)cc(C(=O)NCCn2cccn2)n1. The second-order valence-electron chi connectivity index (χ2n) is 3.91. The maximum absolute atomic E-state index is 12.0. The van der Waals surface area contributed by atoms with E-state index < -0.39 is 0 Å². The first-order valence-electron chi connectivity index (χ1n) is 5.84. The molecular weight excluding hydrogens is 262 g/mol. The first kappa shape index (κ1) is 13.5. The molecule has 2 rings (SSSR count).